The molecule has 0 saturated heterocycles. The first kappa shape index (κ1) is 13.4. The normalized spacial score (nSPS) is 10.5. The Hall–Kier alpha value is -2.01. The van der Waals surface area contributed by atoms with E-state index in [1.165, 1.54) is 0 Å². The van der Waals surface area contributed by atoms with Crippen molar-refractivity contribution in [1.82, 2.24) is 9.55 Å². The molecule has 5 nitrogen and oxygen atoms in total. The molecule has 0 spiro atoms. The largest absolute Gasteiger partial charge is 0.493 e. The zero-order chi connectivity index (χ0) is 13.7. The number of ether oxygens (including phenoxy) is 2. The van der Waals surface area contributed by atoms with Crippen LogP contribution in [0.15, 0.2) is 30.6 Å². The topological polar surface area (TPSA) is 62.3 Å². The highest BCUT2D eigenvalue weighted by Gasteiger charge is 2.05. The molecule has 0 aliphatic heterocycles. The monoisotopic (exact) mass is 261 g/mol. The van der Waals surface area contributed by atoms with Crippen LogP contribution in [0.2, 0.25) is 0 Å². The van der Waals surface area contributed by atoms with Gasteiger partial charge in [-0.3, -0.25) is 0 Å². The Morgan fingerprint density at radius 1 is 1.32 bits per heavy atom. The van der Waals surface area contributed by atoms with Crippen LogP contribution in [0.5, 0.6) is 11.5 Å². The van der Waals surface area contributed by atoms with E-state index in [9.17, 15) is 0 Å². The van der Waals surface area contributed by atoms with Crippen LogP contribution < -0.4 is 15.2 Å². The fourth-order valence-corrected chi connectivity index (χ4v) is 1.85. The smallest absolute Gasteiger partial charge is 0.161 e. The van der Waals surface area contributed by atoms with Crippen LogP contribution in [0.25, 0.3) is 0 Å². The first-order valence-corrected chi connectivity index (χ1v) is 6.22. The number of benzene rings is 1. The molecule has 5 heteroatoms. The van der Waals surface area contributed by atoms with E-state index in [4.69, 9.17) is 15.2 Å². The number of hydrogen-bond acceptors (Lipinski definition) is 4. The first-order valence-electron chi connectivity index (χ1n) is 6.22. The number of aryl methyl sites for hydroxylation is 1. The second-order valence-electron chi connectivity index (χ2n) is 4.21. The maximum absolute atomic E-state index is 5.77. The molecule has 2 N–H and O–H groups in total. The van der Waals surface area contributed by atoms with Crippen molar-refractivity contribution >= 4 is 0 Å². The molecule has 1 heterocycles. The van der Waals surface area contributed by atoms with Crippen LogP contribution in [-0.4, -0.2) is 23.3 Å². The fraction of sp³-hybridized carbons (Fsp3) is 0.357. The van der Waals surface area contributed by atoms with Gasteiger partial charge in [-0.2, -0.15) is 0 Å². The number of nitrogens with zero attached hydrogens (tertiary/aromatic N) is 2. The summed E-state index contributed by atoms with van der Waals surface area (Å²) < 4.78 is 13.1. The maximum Gasteiger partial charge on any atom is 0.161 e. The highest BCUT2D eigenvalue weighted by atomic mass is 16.5. The Morgan fingerprint density at radius 2 is 2.16 bits per heavy atom. The van der Waals surface area contributed by atoms with Gasteiger partial charge in [0.05, 0.1) is 13.7 Å². The molecule has 2 aromatic rings. The Bertz CT molecular complexity index is 537. The van der Waals surface area contributed by atoms with Gasteiger partial charge in [-0.25, -0.2) is 4.98 Å². The molecule has 1 aromatic heterocycles. The molecule has 0 bridgehead atoms. The first-order chi connectivity index (χ1) is 9.24. The van der Waals surface area contributed by atoms with Gasteiger partial charge >= 0.3 is 0 Å². The molecule has 0 aliphatic carbocycles. The molecule has 1 aromatic carbocycles. The van der Waals surface area contributed by atoms with Crippen LogP contribution >= 0.6 is 0 Å². The standard InChI is InChI=1S/C14H19N3O2/c1-11-16-5-6-17(11)7-8-19-14-9-12(10-15)3-4-13(14)18-2/h3-6,9H,7-8,10,15H2,1-2H3. The summed E-state index contributed by atoms with van der Waals surface area (Å²) in [6.07, 6.45) is 3.72. The lowest BCUT2D eigenvalue weighted by molar-refractivity contribution is 0.278. The summed E-state index contributed by atoms with van der Waals surface area (Å²) in [5.74, 6) is 2.43. The van der Waals surface area contributed by atoms with E-state index in [2.05, 4.69) is 4.98 Å². The Labute approximate surface area is 113 Å². The Balaban J connectivity index is 2.00. The summed E-state index contributed by atoms with van der Waals surface area (Å²) in [5.41, 5.74) is 6.65. The van der Waals surface area contributed by atoms with E-state index < -0.39 is 0 Å². The number of imidazole rings is 1. The number of nitrogens with two attached hydrogens (primary N) is 1. The Kier molecular flexibility index (Phi) is 4.41. The quantitative estimate of drug-likeness (QED) is 0.860. The van der Waals surface area contributed by atoms with Gasteiger partial charge in [0.25, 0.3) is 0 Å². The molecule has 0 atom stereocenters. The summed E-state index contributed by atoms with van der Waals surface area (Å²) in [5, 5.41) is 0. The molecule has 0 saturated carbocycles. The van der Waals surface area contributed by atoms with Gasteiger partial charge in [-0.1, -0.05) is 6.07 Å². The van der Waals surface area contributed by atoms with Gasteiger partial charge in [0.1, 0.15) is 12.4 Å². The summed E-state index contributed by atoms with van der Waals surface area (Å²) in [7, 11) is 1.63. The van der Waals surface area contributed by atoms with E-state index in [1.54, 1.807) is 13.3 Å². The van der Waals surface area contributed by atoms with Crippen LogP contribution in [-0.2, 0) is 13.1 Å². The zero-order valence-corrected chi connectivity index (χ0v) is 11.3. The minimum absolute atomic E-state index is 0.487. The number of methoxy groups -OCH3 is 1. The third-order valence-electron chi connectivity index (χ3n) is 2.98. The van der Waals surface area contributed by atoms with Crippen LogP contribution in [0, 0.1) is 6.92 Å². The lowest BCUT2D eigenvalue weighted by Crippen LogP contribution is -2.09. The number of aromatic nitrogens is 2. The van der Waals surface area contributed by atoms with Gasteiger partial charge < -0.3 is 19.8 Å². The van der Waals surface area contributed by atoms with Gasteiger partial charge in [-0.15, -0.1) is 0 Å². The van der Waals surface area contributed by atoms with Crippen LogP contribution in [0.4, 0.5) is 0 Å². The molecule has 0 amide bonds. The van der Waals surface area contributed by atoms with Crippen molar-refractivity contribution in [3.63, 3.8) is 0 Å². The second kappa shape index (κ2) is 6.24. The average Bonchev–Trinajstić information content (AvgIpc) is 2.84. The third kappa shape index (κ3) is 3.26. The molecule has 0 radical (unpaired) electrons. The number of rotatable bonds is 6. The summed E-state index contributed by atoms with van der Waals surface area (Å²) >= 11 is 0. The molecule has 0 fully saturated rings. The SMILES string of the molecule is COc1ccc(CN)cc1OCCn1ccnc1C. The van der Waals surface area contributed by atoms with E-state index in [0.717, 1.165) is 29.4 Å². The number of hydrogen-bond donors (Lipinski definition) is 1. The van der Waals surface area contributed by atoms with E-state index in [0.29, 0.717) is 13.2 Å². The summed E-state index contributed by atoms with van der Waals surface area (Å²) in [6.45, 7) is 3.76. The van der Waals surface area contributed by atoms with Crippen molar-refractivity contribution in [2.24, 2.45) is 5.73 Å². The molecule has 0 aliphatic rings. The maximum atomic E-state index is 5.77. The summed E-state index contributed by atoms with van der Waals surface area (Å²) in [6, 6.07) is 5.73. The predicted octanol–water partition coefficient (Wildman–Crippen LogP) is 1.74. The minimum Gasteiger partial charge on any atom is -0.493 e. The van der Waals surface area contributed by atoms with Gasteiger partial charge in [0.2, 0.25) is 0 Å². The van der Waals surface area contributed by atoms with Crippen molar-refractivity contribution in [2.75, 3.05) is 13.7 Å². The van der Waals surface area contributed by atoms with Crippen molar-refractivity contribution < 1.29 is 9.47 Å². The van der Waals surface area contributed by atoms with Crippen LogP contribution in [0.1, 0.15) is 11.4 Å². The molecular formula is C14H19N3O2. The molecule has 102 valence electrons. The van der Waals surface area contributed by atoms with Crippen molar-refractivity contribution in [1.29, 1.82) is 0 Å². The Morgan fingerprint density at radius 3 is 2.79 bits per heavy atom. The molecule has 0 unspecified atom stereocenters. The second-order valence-corrected chi connectivity index (χ2v) is 4.21. The van der Waals surface area contributed by atoms with E-state index in [-0.39, 0.29) is 0 Å². The van der Waals surface area contributed by atoms with Crippen molar-refractivity contribution in [2.45, 2.75) is 20.0 Å². The molecule has 2 rings (SSSR count). The van der Waals surface area contributed by atoms with Crippen LogP contribution in [0.3, 0.4) is 0 Å². The summed E-state index contributed by atoms with van der Waals surface area (Å²) in [4.78, 5) is 4.17. The molecular weight excluding hydrogens is 242 g/mol. The highest BCUT2D eigenvalue weighted by Crippen LogP contribution is 2.27. The van der Waals surface area contributed by atoms with Gasteiger partial charge in [0, 0.05) is 18.9 Å². The van der Waals surface area contributed by atoms with Gasteiger partial charge in [-0.05, 0) is 24.6 Å². The zero-order valence-electron chi connectivity index (χ0n) is 11.3. The highest BCUT2D eigenvalue weighted by molar-refractivity contribution is 5.42. The van der Waals surface area contributed by atoms with Crippen molar-refractivity contribution in [3.8, 4) is 11.5 Å². The minimum atomic E-state index is 0.487. The van der Waals surface area contributed by atoms with Crippen molar-refractivity contribution in [3.05, 3.63) is 42.0 Å². The van der Waals surface area contributed by atoms with Gasteiger partial charge in [0.15, 0.2) is 11.5 Å². The average molecular weight is 261 g/mol. The fourth-order valence-electron chi connectivity index (χ4n) is 1.85. The predicted molar refractivity (Wildman–Crippen MR) is 73.3 cm³/mol. The third-order valence-corrected chi connectivity index (χ3v) is 2.98. The van der Waals surface area contributed by atoms with E-state index >= 15 is 0 Å². The lowest BCUT2D eigenvalue weighted by atomic mass is 10.2. The van der Waals surface area contributed by atoms with E-state index in [1.807, 2.05) is 35.9 Å². The molecule has 19 heavy (non-hydrogen) atoms. The lowest BCUT2D eigenvalue weighted by Gasteiger charge is -2.12.